The summed E-state index contributed by atoms with van der Waals surface area (Å²) in [4.78, 5) is 10.3. The minimum atomic E-state index is -3.57. The molecule has 1 aromatic rings. The molecule has 1 aromatic carbocycles. The summed E-state index contributed by atoms with van der Waals surface area (Å²) in [5.41, 5.74) is 0.536. The first-order chi connectivity index (χ1) is 10.4. The minimum absolute atomic E-state index is 0.0466. The topological polar surface area (TPSA) is 83.8 Å². The highest BCUT2D eigenvalue weighted by Gasteiger charge is 2.31. The molecule has 0 bridgehead atoms. The van der Waals surface area contributed by atoms with Crippen LogP contribution in [-0.2, 0) is 16.8 Å². The van der Waals surface area contributed by atoms with Crippen molar-refractivity contribution < 1.29 is 13.3 Å². The van der Waals surface area contributed by atoms with E-state index in [0.29, 0.717) is 18.7 Å². The van der Waals surface area contributed by atoms with Crippen LogP contribution in [0.1, 0.15) is 18.4 Å². The van der Waals surface area contributed by atoms with Crippen LogP contribution in [0.15, 0.2) is 36.9 Å². The van der Waals surface area contributed by atoms with E-state index in [9.17, 15) is 18.5 Å². The Bertz CT molecular complexity index is 654. The second-order valence-electron chi connectivity index (χ2n) is 5.12. The minimum Gasteiger partial charge on any atom is -0.258 e. The van der Waals surface area contributed by atoms with Crippen LogP contribution in [0.2, 0.25) is 0 Å². The maximum absolute atomic E-state index is 12.6. The molecular weight excluding hydrogens is 306 g/mol. The van der Waals surface area contributed by atoms with Gasteiger partial charge >= 0.3 is 0 Å². The summed E-state index contributed by atoms with van der Waals surface area (Å²) < 4.78 is 28.0. The van der Waals surface area contributed by atoms with Crippen LogP contribution < -0.4 is 0 Å². The molecule has 1 aliphatic heterocycles. The van der Waals surface area contributed by atoms with Crippen molar-refractivity contribution in [1.82, 2.24) is 8.61 Å². The Morgan fingerprint density at radius 2 is 2.05 bits per heavy atom. The number of hydrogen-bond acceptors (Lipinski definition) is 4. The standard InChI is InChI=1S/C14H19N3O4S/c1-2-8-16(22(20,21)15-9-3-4-10-15)12-13-6-5-7-14(11-13)17(18)19/h2,5-7,11H,1,3-4,8-10,12H2. The van der Waals surface area contributed by atoms with E-state index in [1.807, 2.05) is 0 Å². The van der Waals surface area contributed by atoms with E-state index in [0.717, 1.165) is 12.8 Å². The first kappa shape index (κ1) is 16.6. The lowest BCUT2D eigenvalue weighted by Crippen LogP contribution is -2.42. The molecule has 0 saturated carbocycles. The molecule has 0 N–H and O–H groups in total. The Labute approximate surface area is 130 Å². The van der Waals surface area contributed by atoms with Crippen LogP contribution in [0.25, 0.3) is 0 Å². The van der Waals surface area contributed by atoms with Gasteiger partial charge in [-0.1, -0.05) is 18.2 Å². The zero-order valence-electron chi connectivity index (χ0n) is 12.2. The third-order valence-corrected chi connectivity index (χ3v) is 5.48. The van der Waals surface area contributed by atoms with Gasteiger partial charge in [-0.05, 0) is 18.4 Å². The Morgan fingerprint density at radius 1 is 1.36 bits per heavy atom. The van der Waals surface area contributed by atoms with Crippen LogP contribution in [0.4, 0.5) is 5.69 Å². The number of hydrogen-bond donors (Lipinski definition) is 0. The second-order valence-corrected chi connectivity index (χ2v) is 7.05. The molecule has 2 rings (SSSR count). The number of non-ortho nitro benzene ring substituents is 1. The third kappa shape index (κ3) is 3.70. The smallest absolute Gasteiger partial charge is 0.258 e. The molecule has 0 aromatic heterocycles. The number of nitro benzene ring substituents is 1. The molecule has 0 aliphatic carbocycles. The maximum atomic E-state index is 12.6. The van der Waals surface area contributed by atoms with Crippen molar-refractivity contribution in [3.05, 3.63) is 52.6 Å². The zero-order chi connectivity index (χ0) is 16.2. The van der Waals surface area contributed by atoms with Gasteiger partial charge in [0.25, 0.3) is 15.9 Å². The van der Waals surface area contributed by atoms with E-state index < -0.39 is 15.1 Å². The van der Waals surface area contributed by atoms with Crippen molar-refractivity contribution >= 4 is 15.9 Å². The van der Waals surface area contributed by atoms with Crippen molar-refractivity contribution in [2.24, 2.45) is 0 Å². The van der Waals surface area contributed by atoms with Crippen LogP contribution in [0.3, 0.4) is 0 Å². The lowest BCUT2D eigenvalue weighted by atomic mass is 10.2. The fourth-order valence-electron chi connectivity index (χ4n) is 2.44. The average Bonchev–Trinajstić information content (AvgIpc) is 3.02. The average molecular weight is 325 g/mol. The summed E-state index contributed by atoms with van der Waals surface area (Å²) in [5.74, 6) is 0. The molecule has 0 unspecified atom stereocenters. The first-order valence-corrected chi connectivity index (χ1v) is 8.44. The van der Waals surface area contributed by atoms with E-state index in [2.05, 4.69) is 6.58 Å². The number of nitro groups is 1. The van der Waals surface area contributed by atoms with E-state index >= 15 is 0 Å². The van der Waals surface area contributed by atoms with E-state index in [4.69, 9.17) is 0 Å². The predicted octanol–water partition coefficient (Wildman–Crippen LogP) is 1.92. The van der Waals surface area contributed by atoms with Crippen molar-refractivity contribution in [2.45, 2.75) is 19.4 Å². The summed E-state index contributed by atoms with van der Waals surface area (Å²) in [6.45, 7) is 4.89. The summed E-state index contributed by atoms with van der Waals surface area (Å²) in [5, 5.41) is 10.8. The third-order valence-electron chi connectivity index (χ3n) is 3.53. The maximum Gasteiger partial charge on any atom is 0.282 e. The van der Waals surface area contributed by atoms with Crippen molar-refractivity contribution in [2.75, 3.05) is 19.6 Å². The van der Waals surface area contributed by atoms with Gasteiger partial charge in [0.05, 0.1) is 4.92 Å². The summed E-state index contributed by atoms with van der Waals surface area (Å²) in [6.07, 6.45) is 3.24. The van der Waals surface area contributed by atoms with Crippen LogP contribution in [0.5, 0.6) is 0 Å². The van der Waals surface area contributed by atoms with Gasteiger partial charge in [0.2, 0.25) is 0 Å². The predicted molar refractivity (Wildman–Crippen MR) is 83.4 cm³/mol. The fraction of sp³-hybridized carbons (Fsp3) is 0.429. The molecule has 0 atom stereocenters. The van der Waals surface area contributed by atoms with E-state index in [-0.39, 0.29) is 18.8 Å². The lowest BCUT2D eigenvalue weighted by Gasteiger charge is -2.26. The molecular formula is C14H19N3O4S. The van der Waals surface area contributed by atoms with Gasteiger partial charge in [0, 0.05) is 38.3 Å². The van der Waals surface area contributed by atoms with Gasteiger partial charge in [-0.2, -0.15) is 17.0 Å². The Kier molecular flexibility index (Phi) is 5.28. The monoisotopic (exact) mass is 325 g/mol. The molecule has 0 spiro atoms. The van der Waals surface area contributed by atoms with E-state index in [1.54, 1.807) is 12.1 Å². The van der Waals surface area contributed by atoms with Gasteiger partial charge in [-0.3, -0.25) is 10.1 Å². The molecule has 0 radical (unpaired) electrons. The van der Waals surface area contributed by atoms with Gasteiger partial charge in [0.1, 0.15) is 0 Å². The number of nitrogens with zero attached hydrogens (tertiary/aromatic N) is 3. The molecule has 1 heterocycles. The molecule has 0 amide bonds. The first-order valence-electron chi connectivity index (χ1n) is 7.04. The fourth-order valence-corrected chi connectivity index (χ4v) is 4.09. The van der Waals surface area contributed by atoms with Crippen molar-refractivity contribution in [1.29, 1.82) is 0 Å². The number of rotatable bonds is 7. The number of benzene rings is 1. The van der Waals surface area contributed by atoms with Gasteiger partial charge in [-0.25, -0.2) is 0 Å². The highest BCUT2D eigenvalue weighted by atomic mass is 32.2. The molecule has 1 saturated heterocycles. The normalized spacial score (nSPS) is 16.0. The Balaban J connectivity index is 2.23. The van der Waals surface area contributed by atoms with Gasteiger partial charge in [-0.15, -0.1) is 6.58 Å². The highest BCUT2D eigenvalue weighted by molar-refractivity contribution is 7.86. The largest absolute Gasteiger partial charge is 0.282 e. The SMILES string of the molecule is C=CCN(Cc1cccc([N+](=O)[O-])c1)S(=O)(=O)N1CCCC1. The zero-order valence-corrected chi connectivity index (χ0v) is 13.0. The molecule has 1 aliphatic rings. The summed E-state index contributed by atoms with van der Waals surface area (Å²) >= 11 is 0. The van der Waals surface area contributed by atoms with E-state index in [1.165, 1.54) is 26.8 Å². The summed E-state index contributed by atoms with van der Waals surface area (Å²) in [7, 11) is -3.57. The molecule has 8 heteroatoms. The molecule has 120 valence electrons. The summed E-state index contributed by atoms with van der Waals surface area (Å²) in [6, 6.07) is 6.02. The van der Waals surface area contributed by atoms with Crippen LogP contribution >= 0.6 is 0 Å². The van der Waals surface area contributed by atoms with Crippen LogP contribution in [-0.4, -0.2) is 41.6 Å². The second kappa shape index (κ2) is 6.99. The Hall–Kier alpha value is -1.77. The lowest BCUT2D eigenvalue weighted by molar-refractivity contribution is -0.384. The van der Waals surface area contributed by atoms with Crippen molar-refractivity contribution in [3.8, 4) is 0 Å². The molecule has 1 fully saturated rings. The molecule has 7 nitrogen and oxygen atoms in total. The van der Waals surface area contributed by atoms with Crippen molar-refractivity contribution in [3.63, 3.8) is 0 Å². The highest BCUT2D eigenvalue weighted by Crippen LogP contribution is 2.20. The molecule has 22 heavy (non-hydrogen) atoms. The van der Waals surface area contributed by atoms with Crippen LogP contribution in [0, 0.1) is 10.1 Å². The Morgan fingerprint density at radius 3 is 2.64 bits per heavy atom. The van der Waals surface area contributed by atoms with Gasteiger partial charge in [0.15, 0.2) is 0 Å². The van der Waals surface area contributed by atoms with Gasteiger partial charge < -0.3 is 0 Å². The quantitative estimate of drug-likeness (QED) is 0.435.